The Labute approximate surface area is 120 Å². The number of nitrogens with zero attached hydrogens (tertiary/aromatic N) is 2. The molecule has 3 unspecified atom stereocenters. The molecule has 0 aromatic carbocycles. The lowest BCUT2D eigenvalue weighted by Crippen LogP contribution is -2.19. The quantitative estimate of drug-likeness (QED) is 0.603. The third-order valence-corrected chi connectivity index (χ3v) is 3.97. The Balaban J connectivity index is 1.99. The van der Waals surface area contributed by atoms with E-state index in [1.165, 1.54) is 18.9 Å². The van der Waals surface area contributed by atoms with Crippen LogP contribution in [0.3, 0.4) is 0 Å². The molecule has 0 aliphatic heterocycles. The van der Waals surface area contributed by atoms with E-state index in [1.807, 2.05) is 0 Å². The predicted molar refractivity (Wildman–Crippen MR) is 67.8 cm³/mol. The van der Waals surface area contributed by atoms with E-state index in [9.17, 15) is 14.7 Å². The van der Waals surface area contributed by atoms with Crippen molar-refractivity contribution < 1.29 is 28.9 Å². The number of aromatic nitrogens is 2. The van der Waals surface area contributed by atoms with Gasteiger partial charge < -0.3 is 19.3 Å². The molecule has 8 nitrogen and oxygen atoms in total. The highest BCUT2D eigenvalue weighted by Gasteiger charge is 2.57. The molecule has 3 atom stereocenters. The second kappa shape index (κ2) is 5.12. The van der Waals surface area contributed by atoms with Crippen molar-refractivity contribution in [3.05, 3.63) is 17.0 Å². The van der Waals surface area contributed by atoms with Crippen LogP contribution in [-0.4, -0.2) is 47.8 Å². The van der Waals surface area contributed by atoms with Gasteiger partial charge in [0.15, 0.2) is 5.69 Å². The molecular formula is C13H16N2O6. The Kier molecular flexibility index (Phi) is 3.42. The number of carbonyl (C=O) groups is 2. The molecule has 1 N–H and O–H groups in total. The van der Waals surface area contributed by atoms with Crippen LogP contribution < -0.4 is 0 Å². The van der Waals surface area contributed by atoms with Crippen LogP contribution in [0.25, 0.3) is 0 Å². The van der Waals surface area contributed by atoms with Gasteiger partial charge in [-0.15, -0.1) is 0 Å². The number of ether oxygens (including phenoxy) is 3. The van der Waals surface area contributed by atoms with Gasteiger partial charge in [-0.2, -0.15) is 5.10 Å². The lowest BCUT2D eigenvalue weighted by atomic mass is 10.1. The smallest absolute Gasteiger partial charge is 0.356 e. The molecule has 1 saturated carbocycles. The lowest BCUT2D eigenvalue weighted by molar-refractivity contribution is -0.141. The van der Waals surface area contributed by atoms with Crippen molar-refractivity contribution in [3.8, 4) is 0 Å². The van der Waals surface area contributed by atoms with E-state index in [0.717, 1.165) is 6.42 Å². The lowest BCUT2D eigenvalue weighted by Gasteiger charge is -2.16. The molecular weight excluding hydrogens is 280 g/mol. The Morgan fingerprint density at radius 1 is 1.43 bits per heavy atom. The molecule has 1 heterocycles. The molecule has 21 heavy (non-hydrogen) atoms. The predicted octanol–water partition coefficient (Wildman–Crippen LogP) is 0.533. The summed E-state index contributed by atoms with van der Waals surface area (Å²) in [5.74, 6) is -1.18. The average Bonchev–Trinajstić information content (AvgIpc) is 3.05. The zero-order valence-corrected chi connectivity index (χ0v) is 11.7. The molecule has 0 bridgehead atoms. The fourth-order valence-corrected chi connectivity index (χ4v) is 3.05. The van der Waals surface area contributed by atoms with Gasteiger partial charge in [0.1, 0.15) is 19.4 Å². The number of hydrogen-bond acceptors (Lipinski definition) is 6. The molecule has 0 saturated heterocycles. The van der Waals surface area contributed by atoms with Gasteiger partial charge >= 0.3 is 11.9 Å². The maximum atomic E-state index is 11.5. The van der Waals surface area contributed by atoms with Crippen LogP contribution in [0.4, 0.5) is 0 Å². The van der Waals surface area contributed by atoms with E-state index in [1.54, 1.807) is 0 Å². The summed E-state index contributed by atoms with van der Waals surface area (Å²) in [5, 5.41) is 13.3. The molecule has 114 valence electrons. The van der Waals surface area contributed by atoms with Crippen molar-refractivity contribution in [3.63, 3.8) is 0 Å². The Morgan fingerprint density at radius 2 is 2.19 bits per heavy atom. The molecule has 1 aromatic heterocycles. The summed E-state index contributed by atoms with van der Waals surface area (Å²) in [6, 6.07) is 0. The number of carboxylic acid groups (broad SMARTS) is 1. The third-order valence-electron chi connectivity index (χ3n) is 3.97. The number of esters is 1. The van der Waals surface area contributed by atoms with Gasteiger partial charge in [0.2, 0.25) is 0 Å². The number of fused-ring (bicyclic) bond motifs is 3. The topological polar surface area (TPSA) is 99.9 Å². The highest BCUT2D eigenvalue weighted by molar-refractivity contribution is 5.88. The largest absolute Gasteiger partial charge is 0.476 e. The first kappa shape index (κ1) is 14.0. The maximum Gasteiger partial charge on any atom is 0.356 e. The Morgan fingerprint density at radius 3 is 2.81 bits per heavy atom. The zero-order chi connectivity index (χ0) is 15.1. The monoisotopic (exact) mass is 296 g/mol. The van der Waals surface area contributed by atoms with Crippen molar-refractivity contribution in [2.75, 3.05) is 21.0 Å². The summed E-state index contributed by atoms with van der Waals surface area (Å²) in [6.45, 7) is -0.0163. The van der Waals surface area contributed by atoms with E-state index < -0.39 is 11.9 Å². The zero-order valence-electron chi connectivity index (χ0n) is 11.7. The minimum Gasteiger partial charge on any atom is -0.476 e. The van der Waals surface area contributed by atoms with Crippen LogP contribution >= 0.6 is 0 Å². The fourth-order valence-electron chi connectivity index (χ4n) is 3.05. The van der Waals surface area contributed by atoms with Crippen molar-refractivity contribution in [1.29, 1.82) is 0 Å². The van der Waals surface area contributed by atoms with Gasteiger partial charge in [0.05, 0.1) is 12.8 Å². The van der Waals surface area contributed by atoms with Crippen molar-refractivity contribution in [2.24, 2.45) is 5.92 Å². The Hall–Kier alpha value is -1.93. The molecule has 8 heteroatoms. The fraction of sp³-hybridized carbons (Fsp3) is 0.615. The number of carbonyl (C=O) groups excluding carboxylic acids is 1. The minimum absolute atomic E-state index is 0.00456. The molecule has 2 aliphatic rings. The second-order valence-electron chi connectivity index (χ2n) is 5.19. The van der Waals surface area contributed by atoms with E-state index in [0.29, 0.717) is 11.3 Å². The van der Waals surface area contributed by atoms with Crippen molar-refractivity contribution in [2.45, 2.75) is 25.0 Å². The highest BCUT2D eigenvalue weighted by atomic mass is 16.7. The summed E-state index contributed by atoms with van der Waals surface area (Å²) in [6.07, 6.45) is 0.598. The summed E-state index contributed by atoms with van der Waals surface area (Å²) in [5.41, 5.74) is 1.36. The molecule has 3 rings (SSSR count). The molecule has 2 aliphatic carbocycles. The average molecular weight is 296 g/mol. The summed E-state index contributed by atoms with van der Waals surface area (Å²) >= 11 is 0. The number of methoxy groups -OCH3 is 2. The number of rotatable bonds is 6. The van der Waals surface area contributed by atoms with Gasteiger partial charge in [0, 0.05) is 12.7 Å². The first-order valence-corrected chi connectivity index (χ1v) is 6.59. The van der Waals surface area contributed by atoms with Gasteiger partial charge in [-0.05, 0) is 18.3 Å². The molecule has 0 amide bonds. The van der Waals surface area contributed by atoms with Crippen LogP contribution in [0.2, 0.25) is 0 Å². The summed E-state index contributed by atoms with van der Waals surface area (Å²) < 4.78 is 16.6. The van der Waals surface area contributed by atoms with Crippen LogP contribution in [0.5, 0.6) is 0 Å². The third kappa shape index (κ3) is 2.20. The van der Waals surface area contributed by atoms with E-state index in [4.69, 9.17) is 9.47 Å². The van der Waals surface area contributed by atoms with Gasteiger partial charge in [-0.3, -0.25) is 9.48 Å². The van der Waals surface area contributed by atoms with Crippen LogP contribution in [0, 0.1) is 5.92 Å². The highest BCUT2D eigenvalue weighted by Crippen LogP contribution is 2.63. The van der Waals surface area contributed by atoms with E-state index >= 15 is 0 Å². The first-order valence-electron chi connectivity index (χ1n) is 6.59. The van der Waals surface area contributed by atoms with E-state index in [2.05, 4.69) is 9.84 Å². The number of aromatic carboxylic acids is 1. The van der Waals surface area contributed by atoms with Gasteiger partial charge in [-0.1, -0.05) is 0 Å². The van der Waals surface area contributed by atoms with E-state index in [-0.39, 0.29) is 37.0 Å². The molecule has 0 spiro atoms. The van der Waals surface area contributed by atoms with Gasteiger partial charge in [0.25, 0.3) is 0 Å². The maximum absolute atomic E-state index is 11.5. The number of hydrogen-bond donors (Lipinski definition) is 1. The first-order chi connectivity index (χ1) is 10.1. The standard InChI is InChI=1S/C13H16N2O6/c1-19-5-21-12-7-3-6(7)9-10(13(17)18)14-15(11(9)12)4-8(16)20-2/h6-7,12H,3-5H2,1-2H3,(H,17,18). The minimum atomic E-state index is -1.09. The van der Waals surface area contributed by atoms with Gasteiger partial charge in [-0.25, -0.2) is 4.79 Å². The second-order valence-corrected chi connectivity index (χ2v) is 5.19. The normalized spacial score (nSPS) is 25.3. The summed E-state index contributed by atoms with van der Waals surface area (Å²) in [4.78, 5) is 22.8. The van der Waals surface area contributed by atoms with Crippen molar-refractivity contribution in [1.82, 2.24) is 9.78 Å². The molecule has 1 aromatic rings. The Bertz CT molecular complexity index is 596. The van der Waals surface area contributed by atoms with Crippen LogP contribution in [0.1, 0.15) is 40.2 Å². The van der Waals surface area contributed by atoms with Crippen LogP contribution in [0.15, 0.2) is 0 Å². The van der Waals surface area contributed by atoms with Crippen molar-refractivity contribution >= 4 is 11.9 Å². The number of carboxylic acids is 1. The summed E-state index contributed by atoms with van der Waals surface area (Å²) in [7, 11) is 2.80. The molecule has 0 radical (unpaired) electrons. The SMILES string of the molecule is COCOC1c2c(c(C(=O)O)nn2CC(=O)OC)C2CC21. The molecule has 1 fully saturated rings. The van der Waals surface area contributed by atoms with Crippen LogP contribution in [-0.2, 0) is 25.5 Å².